The number of aromatic nitrogens is 2. The Labute approximate surface area is 366 Å². The number of hydrogen-bond donors (Lipinski definition) is 2. The maximum absolute atomic E-state index is 14.5. The second-order valence-electron chi connectivity index (χ2n) is 18.5. The van der Waals surface area contributed by atoms with Crippen molar-refractivity contribution >= 4 is 23.8 Å². The summed E-state index contributed by atoms with van der Waals surface area (Å²) in [5.74, 6) is -5.37. The van der Waals surface area contributed by atoms with Gasteiger partial charge in [-0.25, -0.2) is 14.3 Å². The molecule has 0 bridgehead atoms. The minimum atomic E-state index is -2.02. The number of ether oxygens (including phenoxy) is 9. The molecular weight excluding hydrogens is 810 g/mol. The van der Waals surface area contributed by atoms with Gasteiger partial charge in [0, 0.05) is 57.7 Å². The molecule has 1 aromatic rings. The largest absolute Gasteiger partial charge is 0.459 e. The predicted molar refractivity (Wildman–Crippen MR) is 222 cm³/mol. The zero-order valence-corrected chi connectivity index (χ0v) is 39.3. The van der Waals surface area contributed by atoms with Crippen molar-refractivity contribution in [1.82, 2.24) is 14.5 Å². The van der Waals surface area contributed by atoms with Gasteiger partial charge in [0.25, 0.3) is 0 Å². The summed E-state index contributed by atoms with van der Waals surface area (Å²) in [5.41, 5.74) is -4.50. The van der Waals surface area contributed by atoms with Gasteiger partial charge in [-0.1, -0.05) is 27.7 Å². The molecule has 62 heavy (non-hydrogen) atoms. The monoisotopic (exact) mass is 884 g/mol. The molecule has 18 atom stereocenters. The van der Waals surface area contributed by atoms with Crippen LogP contribution in [0.3, 0.4) is 0 Å². The van der Waals surface area contributed by atoms with E-state index in [2.05, 4.69) is 4.98 Å². The number of carbonyl (C=O) groups excluding carboxylic acids is 4. The third-order valence-electron chi connectivity index (χ3n) is 13.4. The Morgan fingerprint density at radius 1 is 0.919 bits per heavy atom. The van der Waals surface area contributed by atoms with Gasteiger partial charge in [-0.2, -0.15) is 0 Å². The highest BCUT2D eigenvalue weighted by Crippen LogP contribution is 2.42. The molecule has 18 nitrogen and oxygen atoms in total. The van der Waals surface area contributed by atoms with Crippen LogP contribution in [0.5, 0.6) is 0 Å². The van der Waals surface area contributed by atoms with Crippen LogP contribution >= 0.6 is 0 Å². The number of cyclic esters (lactones) is 1. The fourth-order valence-electron chi connectivity index (χ4n) is 9.63. The van der Waals surface area contributed by atoms with Gasteiger partial charge in [0.15, 0.2) is 24.8 Å². The summed E-state index contributed by atoms with van der Waals surface area (Å²) in [7, 11) is 6.74. The zero-order chi connectivity index (χ0) is 46.6. The van der Waals surface area contributed by atoms with Crippen LogP contribution in [-0.2, 0) is 57.0 Å². The van der Waals surface area contributed by atoms with Crippen LogP contribution in [0.2, 0.25) is 0 Å². The third-order valence-corrected chi connectivity index (χ3v) is 13.4. The van der Waals surface area contributed by atoms with Crippen molar-refractivity contribution in [1.29, 1.82) is 0 Å². The third kappa shape index (κ3) is 11.2. The first-order valence-electron chi connectivity index (χ1n) is 21.7. The van der Waals surface area contributed by atoms with Gasteiger partial charge in [0.1, 0.15) is 29.4 Å². The lowest BCUT2D eigenvalue weighted by Crippen LogP contribution is -2.62. The van der Waals surface area contributed by atoms with Gasteiger partial charge >= 0.3 is 18.0 Å². The summed E-state index contributed by atoms with van der Waals surface area (Å²) in [6.07, 6.45) is -5.78. The molecule has 0 radical (unpaired) electrons. The number of likely N-dealkylation sites (N-methyl/N-ethyl adjacent to an activating group) is 1. The normalized spacial score (nSPS) is 42.8. The average molecular weight is 884 g/mol. The molecule has 2 N–H and O–H groups in total. The lowest BCUT2D eigenvalue weighted by atomic mass is 9.74. The van der Waals surface area contributed by atoms with Gasteiger partial charge in [0.05, 0.1) is 48.1 Å². The van der Waals surface area contributed by atoms with E-state index in [-0.39, 0.29) is 37.2 Å². The lowest BCUT2D eigenvalue weighted by molar-refractivity contribution is -0.320. The molecule has 0 aliphatic carbocycles. The maximum atomic E-state index is 14.5. The smallest absolute Gasteiger partial charge is 0.419 e. The highest BCUT2D eigenvalue weighted by Gasteiger charge is 2.55. The van der Waals surface area contributed by atoms with Crippen molar-refractivity contribution in [2.75, 3.05) is 28.3 Å². The van der Waals surface area contributed by atoms with Crippen LogP contribution in [0.15, 0.2) is 18.7 Å². The summed E-state index contributed by atoms with van der Waals surface area (Å²) < 4.78 is 58.3. The van der Waals surface area contributed by atoms with E-state index in [1.165, 1.54) is 58.3 Å². The van der Waals surface area contributed by atoms with E-state index in [0.717, 1.165) is 0 Å². The summed E-state index contributed by atoms with van der Waals surface area (Å²) >= 11 is 0. The van der Waals surface area contributed by atoms with E-state index in [9.17, 15) is 29.4 Å². The molecule has 0 saturated carbocycles. The first-order chi connectivity index (χ1) is 28.8. The number of carbonyl (C=O) groups is 4. The summed E-state index contributed by atoms with van der Waals surface area (Å²) in [5, 5.41) is 23.4. The van der Waals surface area contributed by atoms with Gasteiger partial charge in [-0.15, -0.1) is 0 Å². The Morgan fingerprint density at radius 3 is 2.10 bits per heavy atom. The maximum Gasteiger partial charge on any atom is 0.419 e. The van der Waals surface area contributed by atoms with Crippen LogP contribution < -0.4 is 0 Å². The van der Waals surface area contributed by atoms with Crippen molar-refractivity contribution < 1.29 is 72.0 Å². The molecule has 3 aliphatic heterocycles. The number of aliphatic hydroxyl groups excluding tert-OH is 1. The molecule has 3 aliphatic rings. The van der Waals surface area contributed by atoms with E-state index >= 15 is 0 Å². The van der Waals surface area contributed by atoms with Gasteiger partial charge < -0.3 is 57.7 Å². The van der Waals surface area contributed by atoms with Crippen LogP contribution in [0, 0.1) is 23.7 Å². The van der Waals surface area contributed by atoms with E-state index in [4.69, 9.17) is 42.6 Å². The molecule has 0 unspecified atom stereocenters. The fraction of sp³-hybridized carbons (Fsp3) is 0.841. The first kappa shape index (κ1) is 51.6. The Kier molecular flexibility index (Phi) is 17.3. The second kappa shape index (κ2) is 20.8. The molecule has 3 saturated heterocycles. The Hall–Kier alpha value is -3.07. The quantitative estimate of drug-likeness (QED) is 0.252. The number of rotatable bonds is 10. The number of imidazole rings is 1. The summed E-state index contributed by atoms with van der Waals surface area (Å²) in [6, 6.07) is -0.308. The molecule has 0 aromatic carbocycles. The molecule has 4 rings (SSSR count). The second-order valence-corrected chi connectivity index (χ2v) is 18.5. The Bertz CT molecular complexity index is 1660. The summed E-state index contributed by atoms with van der Waals surface area (Å²) in [6.45, 7) is 18.3. The SMILES string of the molecule is CC[C@H]1OC(=O)[C@H](C)[C@@H](O[C@H]2C[C@@](C)(OC)[C@@H](OC(=O)n3ccnc3)[C@H](C)O2)[C@H](C)[C@@H](O[C@@H]2O[C@H](C)C[C@H](N(C)C)[C@H]2OC(C)=O)[C@@](C)(OC)C[C@@H](C)C(=O)[C@H](C)[C@@H](O)[C@]1(C)O. The number of aliphatic hydroxyl groups is 2. The average Bonchev–Trinajstić information content (AvgIpc) is 3.76. The number of methoxy groups -OCH3 is 2. The minimum Gasteiger partial charge on any atom is -0.459 e. The molecule has 0 amide bonds. The fourth-order valence-corrected chi connectivity index (χ4v) is 9.63. The minimum absolute atomic E-state index is 0.0397. The van der Waals surface area contributed by atoms with Crippen LogP contribution in [0.25, 0.3) is 0 Å². The van der Waals surface area contributed by atoms with E-state index in [0.29, 0.717) is 6.42 Å². The number of esters is 2. The molecule has 3 fully saturated rings. The molecular formula is C44H73N3O15. The lowest BCUT2D eigenvalue weighted by Gasteiger charge is -2.50. The molecule has 1 aromatic heterocycles. The highest BCUT2D eigenvalue weighted by molar-refractivity contribution is 5.83. The number of Topliss-reactive ketones (excluding diaryl/α,β-unsaturated/α-hetero) is 1. The summed E-state index contributed by atoms with van der Waals surface area (Å²) in [4.78, 5) is 60.3. The van der Waals surface area contributed by atoms with Gasteiger partial charge in [0.2, 0.25) is 0 Å². The standard InChI is InChI=1S/C44H73N3O15/c1-16-31-44(11,53)36(50)25(4)33(49)23(2)20-42(9,54-14)37(61-40-35(58-29(8)48)30(46(12)13)19-24(3)56-40)26(5)34(27(6)39(51)59-31)60-32-21-43(10,55-15)38(28(7)57-32)62-41(52)47-18-17-45-22-47/h17-18,22-28,30-32,34-38,40,50,53H,16,19-21H2,1-15H3/t23-,24-,25+,26+,27-,28+,30+,31-,32+,34+,35-,36-,37-,38+,40+,42+,43-,44-/m1/s1. The van der Waals surface area contributed by atoms with Crippen LogP contribution in [0.1, 0.15) is 102 Å². The van der Waals surface area contributed by atoms with Crippen LogP contribution in [-0.4, -0.2) is 161 Å². The topological polar surface area (TPSA) is 213 Å². The number of hydrogen-bond acceptors (Lipinski definition) is 17. The van der Waals surface area contributed by atoms with Gasteiger partial charge in [-0.3, -0.25) is 14.4 Å². The van der Waals surface area contributed by atoms with E-state index in [1.807, 2.05) is 32.8 Å². The number of ketones is 1. The van der Waals surface area contributed by atoms with Gasteiger partial charge in [-0.05, 0) is 74.9 Å². The Balaban J connectivity index is 1.87. The Morgan fingerprint density at radius 2 is 1.55 bits per heavy atom. The molecule has 18 heteroatoms. The van der Waals surface area contributed by atoms with Crippen molar-refractivity contribution in [2.45, 2.75) is 186 Å². The number of nitrogens with zero attached hydrogens (tertiary/aromatic N) is 3. The molecule has 4 heterocycles. The molecule has 0 spiro atoms. The van der Waals surface area contributed by atoms with E-state index in [1.54, 1.807) is 41.5 Å². The highest BCUT2D eigenvalue weighted by atomic mass is 16.7. The zero-order valence-electron chi connectivity index (χ0n) is 39.3. The van der Waals surface area contributed by atoms with E-state index < -0.39 is 114 Å². The molecule has 354 valence electrons. The van der Waals surface area contributed by atoms with Crippen molar-refractivity contribution in [2.24, 2.45) is 23.7 Å². The van der Waals surface area contributed by atoms with Crippen LogP contribution in [0.4, 0.5) is 4.79 Å². The van der Waals surface area contributed by atoms with Crippen molar-refractivity contribution in [3.63, 3.8) is 0 Å². The first-order valence-corrected chi connectivity index (χ1v) is 21.7. The van der Waals surface area contributed by atoms with Crippen molar-refractivity contribution in [3.8, 4) is 0 Å². The predicted octanol–water partition coefficient (Wildman–Crippen LogP) is 3.90. The van der Waals surface area contributed by atoms with Crippen molar-refractivity contribution in [3.05, 3.63) is 18.7 Å².